The summed E-state index contributed by atoms with van der Waals surface area (Å²) in [4.78, 5) is 0.361. The predicted molar refractivity (Wildman–Crippen MR) is 89.7 cm³/mol. The normalized spacial score (nSPS) is 18.5. The quantitative estimate of drug-likeness (QED) is 0.943. The summed E-state index contributed by atoms with van der Waals surface area (Å²) in [6, 6.07) is 16.2. The third-order valence-corrected chi connectivity index (χ3v) is 5.34. The van der Waals surface area contributed by atoms with Crippen molar-refractivity contribution in [2.24, 2.45) is 0 Å². The molecule has 0 spiro atoms. The van der Waals surface area contributed by atoms with Gasteiger partial charge in [0.05, 0.1) is 4.90 Å². The third-order valence-electron chi connectivity index (χ3n) is 4.21. The van der Waals surface area contributed by atoms with E-state index < -0.39 is 9.84 Å². The predicted octanol–water partition coefficient (Wildman–Crippen LogP) is 3.05. The van der Waals surface area contributed by atoms with Gasteiger partial charge in [-0.2, -0.15) is 0 Å². The molecule has 1 aliphatic rings. The summed E-state index contributed by atoms with van der Waals surface area (Å²) in [5.74, 6) is 0. The molecule has 1 N–H and O–H groups in total. The van der Waals surface area contributed by atoms with E-state index in [-0.39, 0.29) is 0 Å². The molecule has 0 aliphatic carbocycles. The highest BCUT2D eigenvalue weighted by Crippen LogP contribution is 2.22. The molecular weight excluding hydrogens is 294 g/mol. The number of benzene rings is 2. The summed E-state index contributed by atoms with van der Waals surface area (Å²) in [5.41, 5.74) is 3.50. The highest BCUT2D eigenvalue weighted by atomic mass is 32.2. The number of hydrogen-bond donors (Lipinski definition) is 1. The smallest absolute Gasteiger partial charge is 0.175 e. The first-order valence-electron chi connectivity index (χ1n) is 7.65. The van der Waals surface area contributed by atoms with Gasteiger partial charge < -0.3 is 5.32 Å². The molecule has 1 heterocycles. The summed E-state index contributed by atoms with van der Waals surface area (Å²) in [6.07, 6.45) is 4.84. The number of hydrogen-bond acceptors (Lipinski definition) is 3. The first kappa shape index (κ1) is 15.3. The van der Waals surface area contributed by atoms with Gasteiger partial charge in [0, 0.05) is 12.3 Å². The molecule has 1 fully saturated rings. The number of rotatable bonds is 4. The van der Waals surface area contributed by atoms with E-state index in [1.807, 2.05) is 12.1 Å². The largest absolute Gasteiger partial charge is 0.314 e. The van der Waals surface area contributed by atoms with Gasteiger partial charge in [0.1, 0.15) is 0 Å². The van der Waals surface area contributed by atoms with Crippen LogP contribution < -0.4 is 5.32 Å². The first-order valence-corrected chi connectivity index (χ1v) is 9.54. The molecule has 3 nitrogen and oxygen atoms in total. The molecule has 22 heavy (non-hydrogen) atoms. The molecule has 0 saturated carbocycles. The van der Waals surface area contributed by atoms with Crippen molar-refractivity contribution in [3.8, 4) is 11.1 Å². The molecule has 1 atom stereocenters. The van der Waals surface area contributed by atoms with Gasteiger partial charge in [-0.15, -0.1) is 0 Å². The molecule has 0 amide bonds. The summed E-state index contributed by atoms with van der Waals surface area (Å²) < 4.78 is 23.0. The van der Waals surface area contributed by atoms with Crippen LogP contribution in [0.4, 0.5) is 0 Å². The summed E-state index contributed by atoms with van der Waals surface area (Å²) >= 11 is 0. The Bertz CT molecular complexity index is 728. The lowest BCUT2D eigenvalue weighted by molar-refractivity contribution is 0.602. The average molecular weight is 315 g/mol. The van der Waals surface area contributed by atoms with Gasteiger partial charge in [0.2, 0.25) is 0 Å². The van der Waals surface area contributed by atoms with Gasteiger partial charge in [-0.3, -0.25) is 0 Å². The molecule has 0 aromatic heterocycles. The van der Waals surface area contributed by atoms with Crippen molar-refractivity contribution >= 4 is 9.84 Å². The Hall–Kier alpha value is -1.65. The molecular formula is C18H21NO2S. The Morgan fingerprint density at radius 1 is 1.00 bits per heavy atom. The van der Waals surface area contributed by atoms with Crippen LogP contribution in [0.1, 0.15) is 18.4 Å². The van der Waals surface area contributed by atoms with Crippen molar-refractivity contribution in [3.05, 3.63) is 54.1 Å². The number of nitrogens with one attached hydrogen (secondary N) is 1. The standard InChI is InChI=1S/C18H21NO2S/c1-22(20,21)18-10-8-16(9-11-18)15-6-4-14(5-7-15)13-17-3-2-12-19-17/h4-11,17,19H,2-3,12-13H2,1H3. The maximum atomic E-state index is 11.5. The van der Waals surface area contributed by atoms with Crippen molar-refractivity contribution in [2.75, 3.05) is 12.8 Å². The van der Waals surface area contributed by atoms with E-state index in [0.29, 0.717) is 10.9 Å². The second-order valence-corrected chi connectivity index (χ2v) is 8.01. The minimum atomic E-state index is -3.13. The zero-order valence-electron chi connectivity index (χ0n) is 12.7. The molecule has 2 aromatic carbocycles. The zero-order chi connectivity index (χ0) is 15.6. The van der Waals surface area contributed by atoms with E-state index in [9.17, 15) is 8.42 Å². The average Bonchev–Trinajstić information content (AvgIpc) is 3.00. The van der Waals surface area contributed by atoms with Crippen molar-refractivity contribution in [2.45, 2.75) is 30.2 Å². The van der Waals surface area contributed by atoms with Crippen LogP contribution in [0.15, 0.2) is 53.4 Å². The van der Waals surface area contributed by atoms with Gasteiger partial charge in [0.25, 0.3) is 0 Å². The first-order chi connectivity index (χ1) is 10.5. The minimum absolute atomic E-state index is 0.361. The Balaban J connectivity index is 1.74. The Labute approximate surface area is 132 Å². The molecule has 1 aliphatic heterocycles. The molecule has 0 radical (unpaired) electrons. The van der Waals surface area contributed by atoms with Gasteiger partial charge in [0.15, 0.2) is 9.84 Å². The van der Waals surface area contributed by atoms with Crippen molar-refractivity contribution < 1.29 is 8.42 Å². The molecule has 4 heteroatoms. The molecule has 0 bridgehead atoms. The fraction of sp³-hybridized carbons (Fsp3) is 0.333. The van der Waals surface area contributed by atoms with Crippen LogP contribution in [-0.4, -0.2) is 27.3 Å². The Morgan fingerprint density at radius 2 is 1.59 bits per heavy atom. The van der Waals surface area contributed by atoms with Crippen LogP contribution in [0.2, 0.25) is 0 Å². The van der Waals surface area contributed by atoms with Crippen LogP contribution in [0.25, 0.3) is 11.1 Å². The molecule has 2 aromatic rings. The van der Waals surface area contributed by atoms with Crippen molar-refractivity contribution in [3.63, 3.8) is 0 Å². The van der Waals surface area contributed by atoms with Gasteiger partial charge in [-0.25, -0.2) is 8.42 Å². The van der Waals surface area contributed by atoms with Crippen LogP contribution in [-0.2, 0) is 16.3 Å². The van der Waals surface area contributed by atoms with Crippen molar-refractivity contribution in [1.82, 2.24) is 5.32 Å². The summed E-state index contributed by atoms with van der Waals surface area (Å²) in [6.45, 7) is 1.13. The molecule has 3 rings (SSSR count). The fourth-order valence-corrected chi connectivity index (χ4v) is 3.57. The van der Waals surface area contributed by atoms with E-state index in [0.717, 1.165) is 24.1 Å². The van der Waals surface area contributed by atoms with Gasteiger partial charge >= 0.3 is 0 Å². The van der Waals surface area contributed by atoms with Crippen LogP contribution >= 0.6 is 0 Å². The van der Waals surface area contributed by atoms with E-state index in [1.54, 1.807) is 12.1 Å². The van der Waals surface area contributed by atoms with E-state index >= 15 is 0 Å². The van der Waals surface area contributed by atoms with E-state index in [2.05, 4.69) is 29.6 Å². The van der Waals surface area contributed by atoms with E-state index in [4.69, 9.17) is 0 Å². The Morgan fingerprint density at radius 3 is 2.09 bits per heavy atom. The van der Waals surface area contributed by atoms with Crippen molar-refractivity contribution in [1.29, 1.82) is 0 Å². The zero-order valence-corrected chi connectivity index (χ0v) is 13.6. The molecule has 1 saturated heterocycles. The fourth-order valence-electron chi connectivity index (χ4n) is 2.94. The minimum Gasteiger partial charge on any atom is -0.314 e. The van der Waals surface area contributed by atoms with E-state index in [1.165, 1.54) is 24.7 Å². The maximum absolute atomic E-state index is 11.5. The molecule has 1 unspecified atom stereocenters. The lowest BCUT2D eigenvalue weighted by atomic mass is 10.0. The topological polar surface area (TPSA) is 46.2 Å². The SMILES string of the molecule is CS(=O)(=O)c1ccc(-c2ccc(CC3CCCN3)cc2)cc1. The highest BCUT2D eigenvalue weighted by molar-refractivity contribution is 7.90. The second kappa shape index (κ2) is 6.23. The summed E-state index contributed by atoms with van der Waals surface area (Å²) in [5, 5.41) is 3.51. The summed E-state index contributed by atoms with van der Waals surface area (Å²) in [7, 11) is -3.13. The third kappa shape index (κ3) is 3.57. The number of sulfone groups is 1. The lowest BCUT2D eigenvalue weighted by Crippen LogP contribution is -2.23. The van der Waals surface area contributed by atoms with Crippen LogP contribution in [0.5, 0.6) is 0 Å². The second-order valence-electron chi connectivity index (χ2n) is 5.99. The monoisotopic (exact) mass is 315 g/mol. The highest BCUT2D eigenvalue weighted by Gasteiger charge is 2.14. The lowest BCUT2D eigenvalue weighted by Gasteiger charge is -2.10. The van der Waals surface area contributed by atoms with Crippen LogP contribution in [0.3, 0.4) is 0 Å². The van der Waals surface area contributed by atoms with Gasteiger partial charge in [-0.05, 0) is 54.6 Å². The van der Waals surface area contributed by atoms with Gasteiger partial charge in [-0.1, -0.05) is 36.4 Å². The van der Waals surface area contributed by atoms with Crippen LogP contribution in [0, 0.1) is 0 Å². The Kier molecular flexibility index (Phi) is 4.32. The molecule has 116 valence electrons. The maximum Gasteiger partial charge on any atom is 0.175 e.